The van der Waals surface area contributed by atoms with Crippen molar-refractivity contribution in [1.29, 1.82) is 0 Å². The molecule has 11 heavy (non-hydrogen) atoms. The van der Waals surface area contributed by atoms with Crippen molar-refractivity contribution in [2.24, 2.45) is 5.92 Å². The molecule has 4 heteroatoms. The van der Waals surface area contributed by atoms with Gasteiger partial charge in [-0.3, -0.25) is 9.59 Å². The molecule has 0 saturated carbocycles. The average Bonchev–Trinajstić information content (AvgIpc) is 1.98. The molecule has 64 valence electrons. The molecule has 1 unspecified atom stereocenters. The Morgan fingerprint density at radius 3 is 2.45 bits per heavy atom. The summed E-state index contributed by atoms with van der Waals surface area (Å²) in [5.41, 5.74) is 0. The van der Waals surface area contributed by atoms with Gasteiger partial charge < -0.3 is 5.32 Å². The summed E-state index contributed by atoms with van der Waals surface area (Å²) in [7, 11) is 0. The van der Waals surface area contributed by atoms with Gasteiger partial charge in [-0.1, -0.05) is 22.9 Å². The first-order valence-corrected chi connectivity index (χ1v) is 4.53. The number of nitrogens with one attached hydrogen (secondary N) is 1. The number of rotatable bonds is 4. The molecule has 3 nitrogen and oxygen atoms in total. The fourth-order valence-corrected chi connectivity index (χ4v) is 1.10. The van der Waals surface area contributed by atoms with Crippen LogP contribution in [0.1, 0.15) is 13.8 Å². The highest BCUT2D eigenvalue weighted by Crippen LogP contribution is 1.97. The Labute approximate surface area is 74.7 Å². The lowest BCUT2D eigenvalue weighted by Gasteiger charge is -2.07. The predicted octanol–water partition coefficient (Wildman–Crippen LogP) is 0.723. The summed E-state index contributed by atoms with van der Waals surface area (Å²) in [6.07, 6.45) is 0. The molecule has 0 aliphatic rings. The Balaban J connectivity index is 3.60. The molecule has 1 atom stereocenters. The van der Waals surface area contributed by atoms with Crippen molar-refractivity contribution in [3.8, 4) is 0 Å². The second-order valence-corrected chi connectivity index (χ2v) is 3.00. The van der Waals surface area contributed by atoms with E-state index in [1.807, 2.05) is 0 Å². The lowest BCUT2D eigenvalue weighted by Crippen LogP contribution is -2.30. The van der Waals surface area contributed by atoms with Crippen LogP contribution in [0.25, 0.3) is 0 Å². The molecule has 0 heterocycles. The number of alkyl halides is 1. The maximum absolute atomic E-state index is 10.9. The van der Waals surface area contributed by atoms with Crippen LogP contribution in [0.4, 0.5) is 0 Å². The molecule has 0 saturated heterocycles. The monoisotopic (exact) mass is 221 g/mol. The average molecular weight is 222 g/mol. The molecule has 0 aromatic heterocycles. The lowest BCUT2D eigenvalue weighted by atomic mass is 10.1. The number of carbonyl (C=O) groups excluding carboxylic acids is 2. The van der Waals surface area contributed by atoms with E-state index in [4.69, 9.17) is 0 Å². The van der Waals surface area contributed by atoms with Gasteiger partial charge in [-0.2, -0.15) is 0 Å². The number of halogens is 1. The van der Waals surface area contributed by atoms with Gasteiger partial charge in [0, 0.05) is 19.4 Å². The molecule has 0 rings (SSSR count). The quantitative estimate of drug-likeness (QED) is 0.712. The zero-order valence-electron chi connectivity index (χ0n) is 6.69. The van der Waals surface area contributed by atoms with E-state index in [0.29, 0.717) is 11.9 Å². The fraction of sp³-hybridized carbons (Fsp3) is 0.714. The smallest absolute Gasteiger partial charge is 0.216 e. The first-order chi connectivity index (χ1) is 5.07. The third kappa shape index (κ3) is 4.95. The Morgan fingerprint density at radius 1 is 1.55 bits per heavy atom. The maximum atomic E-state index is 10.9. The minimum Gasteiger partial charge on any atom is -0.356 e. The van der Waals surface area contributed by atoms with Crippen LogP contribution in [0.15, 0.2) is 0 Å². The Hall–Kier alpha value is -0.380. The van der Waals surface area contributed by atoms with Gasteiger partial charge in [-0.05, 0) is 0 Å². The zero-order chi connectivity index (χ0) is 8.85. The number of amides is 1. The molecular formula is C7H12BrNO2. The largest absolute Gasteiger partial charge is 0.356 e. The number of hydrogen-bond acceptors (Lipinski definition) is 2. The first kappa shape index (κ1) is 10.6. The highest BCUT2D eigenvalue weighted by molar-refractivity contribution is 9.09. The van der Waals surface area contributed by atoms with Crippen LogP contribution < -0.4 is 5.32 Å². The molecule has 0 bridgehead atoms. The van der Waals surface area contributed by atoms with Crippen molar-refractivity contribution in [3.05, 3.63) is 0 Å². The van der Waals surface area contributed by atoms with Crippen LogP contribution in [-0.4, -0.2) is 23.6 Å². The standard InChI is InChI=1S/C7H12BrNO2/c1-5(7(11)3-8)4-9-6(2)10/h5H,3-4H2,1-2H3,(H,9,10). The third-order valence-corrected chi connectivity index (χ3v) is 1.89. The van der Waals surface area contributed by atoms with Gasteiger partial charge in [-0.25, -0.2) is 0 Å². The summed E-state index contributed by atoms with van der Waals surface area (Å²) in [6.45, 7) is 3.66. The minimum absolute atomic E-state index is 0.0979. The SMILES string of the molecule is CC(=O)NCC(C)C(=O)CBr. The maximum Gasteiger partial charge on any atom is 0.216 e. The minimum atomic E-state index is -0.0988. The van der Waals surface area contributed by atoms with E-state index in [9.17, 15) is 9.59 Å². The molecule has 0 aliphatic heterocycles. The van der Waals surface area contributed by atoms with Crippen molar-refractivity contribution in [2.45, 2.75) is 13.8 Å². The van der Waals surface area contributed by atoms with Gasteiger partial charge in [0.2, 0.25) is 5.91 Å². The third-order valence-electron chi connectivity index (χ3n) is 1.34. The van der Waals surface area contributed by atoms with E-state index in [1.165, 1.54) is 6.92 Å². The summed E-state index contributed by atoms with van der Waals surface area (Å²) in [5.74, 6) is -0.0868. The zero-order valence-corrected chi connectivity index (χ0v) is 8.27. The molecule has 0 aliphatic carbocycles. The summed E-state index contributed by atoms with van der Waals surface area (Å²) in [5, 5.41) is 2.93. The number of hydrogen-bond donors (Lipinski definition) is 1. The van der Waals surface area contributed by atoms with Crippen molar-refractivity contribution in [3.63, 3.8) is 0 Å². The van der Waals surface area contributed by atoms with Crippen LogP contribution in [-0.2, 0) is 9.59 Å². The second kappa shape index (κ2) is 5.29. The number of carbonyl (C=O) groups is 2. The van der Waals surface area contributed by atoms with Crippen molar-refractivity contribution in [2.75, 3.05) is 11.9 Å². The van der Waals surface area contributed by atoms with Crippen molar-refractivity contribution in [1.82, 2.24) is 5.32 Å². The van der Waals surface area contributed by atoms with Crippen molar-refractivity contribution >= 4 is 27.6 Å². The van der Waals surface area contributed by atoms with Crippen LogP contribution in [0, 0.1) is 5.92 Å². The fourth-order valence-electron chi connectivity index (χ4n) is 0.542. The molecule has 0 aromatic carbocycles. The molecule has 0 fully saturated rings. The summed E-state index contributed by atoms with van der Waals surface area (Å²) >= 11 is 3.06. The van der Waals surface area contributed by atoms with E-state index in [-0.39, 0.29) is 17.6 Å². The van der Waals surface area contributed by atoms with Gasteiger partial charge in [-0.15, -0.1) is 0 Å². The number of ketones is 1. The molecule has 1 N–H and O–H groups in total. The summed E-state index contributed by atoms with van der Waals surface area (Å²) in [6, 6.07) is 0. The Bertz CT molecular complexity index is 159. The Morgan fingerprint density at radius 2 is 2.09 bits per heavy atom. The number of Topliss-reactive ketones (excluding diaryl/α,β-unsaturated/α-hetero) is 1. The lowest BCUT2D eigenvalue weighted by molar-refractivity contribution is -0.121. The molecule has 0 spiro atoms. The second-order valence-electron chi connectivity index (χ2n) is 2.44. The van der Waals surface area contributed by atoms with Gasteiger partial charge in [0.05, 0.1) is 5.33 Å². The predicted molar refractivity (Wildman–Crippen MR) is 46.6 cm³/mol. The van der Waals surface area contributed by atoms with Gasteiger partial charge in [0.15, 0.2) is 0 Å². The van der Waals surface area contributed by atoms with E-state index < -0.39 is 0 Å². The van der Waals surface area contributed by atoms with Gasteiger partial charge in [0.25, 0.3) is 0 Å². The molecular weight excluding hydrogens is 210 g/mol. The first-order valence-electron chi connectivity index (χ1n) is 3.41. The Kier molecular flexibility index (Phi) is 5.11. The summed E-state index contributed by atoms with van der Waals surface area (Å²) < 4.78 is 0. The van der Waals surface area contributed by atoms with Crippen LogP contribution in [0.3, 0.4) is 0 Å². The van der Waals surface area contributed by atoms with Crippen LogP contribution in [0.5, 0.6) is 0 Å². The molecule has 0 aromatic rings. The summed E-state index contributed by atoms with van der Waals surface area (Å²) in [4.78, 5) is 21.4. The molecule has 1 amide bonds. The van der Waals surface area contributed by atoms with E-state index >= 15 is 0 Å². The topological polar surface area (TPSA) is 46.2 Å². The van der Waals surface area contributed by atoms with E-state index in [0.717, 1.165) is 0 Å². The highest BCUT2D eigenvalue weighted by Gasteiger charge is 2.10. The highest BCUT2D eigenvalue weighted by atomic mass is 79.9. The molecule has 0 radical (unpaired) electrons. The van der Waals surface area contributed by atoms with Crippen LogP contribution >= 0.6 is 15.9 Å². The van der Waals surface area contributed by atoms with Gasteiger partial charge in [0.1, 0.15) is 5.78 Å². The van der Waals surface area contributed by atoms with Crippen molar-refractivity contribution < 1.29 is 9.59 Å². The van der Waals surface area contributed by atoms with E-state index in [1.54, 1.807) is 6.92 Å². The normalized spacial score (nSPS) is 12.3. The van der Waals surface area contributed by atoms with Crippen LogP contribution in [0.2, 0.25) is 0 Å². The van der Waals surface area contributed by atoms with Gasteiger partial charge >= 0.3 is 0 Å². The van der Waals surface area contributed by atoms with E-state index in [2.05, 4.69) is 21.2 Å².